The zero-order valence-corrected chi connectivity index (χ0v) is 27.4. The third kappa shape index (κ3) is 4.71. The van der Waals surface area contributed by atoms with Crippen molar-refractivity contribution in [2.45, 2.75) is 152 Å². The van der Waals surface area contributed by atoms with E-state index in [4.69, 9.17) is 0 Å². The predicted molar refractivity (Wildman–Crippen MR) is 169 cm³/mol. The van der Waals surface area contributed by atoms with E-state index in [9.17, 15) is 0 Å². The van der Waals surface area contributed by atoms with Gasteiger partial charge in [-0.15, -0.1) is 0 Å². The third-order valence-corrected chi connectivity index (χ3v) is 20.5. The van der Waals surface area contributed by atoms with Gasteiger partial charge in [-0.1, -0.05) is 81.7 Å². The lowest BCUT2D eigenvalue weighted by Gasteiger charge is -2.62. The van der Waals surface area contributed by atoms with E-state index in [0.717, 1.165) is 35.5 Å². The maximum Gasteiger partial charge on any atom is -0.00605 e. The lowest BCUT2D eigenvalue weighted by atomic mass is 9.56. The van der Waals surface area contributed by atoms with E-state index >= 15 is 0 Å². The first kappa shape index (κ1) is 26.9. The summed E-state index contributed by atoms with van der Waals surface area (Å²) < 4.78 is 0. The number of benzene rings is 1. The highest BCUT2D eigenvalue weighted by Gasteiger charge is 2.57. The van der Waals surface area contributed by atoms with Gasteiger partial charge in [-0.2, -0.15) is 0 Å². The van der Waals surface area contributed by atoms with Crippen molar-refractivity contribution in [2.75, 3.05) is 0 Å². The molecule has 8 aliphatic carbocycles. The summed E-state index contributed by atoms with van der Waals surface area (Å²) in [5, 5.41) is 2.26. The molecule has 0 saturated heterocycles. The highest BCUT2D eigenvalue weighted by molar-refractivity contribution is 7.60. The topological polar surface area (TPSA) is 0 Å². The van der Waals surface area contributed by atoms with E-state index in [1.165, 1.54) is 12.3 Å². The zero-order valence-electron chi connectivity index (χ0n) is 25.6. The third-order valence-electron chi connectivity index (χ3n) is 12.6. The van der Waals surface area contributed by atoms with Crippen molar-refractivity contribution in [2.24, 2.45) is 35.5 Å². The Morgan fingerprint density at radius 3 is 1.03 bits per heavy atom. The molecule has 38 heavy (non-hydrogen) atoms. The molecule has 0 radical (unpaired) electrons. The molecule has 8 aliphatic rings. The smallest absolute Gasteiger partial charge is 0.00605 e. The maximum absolute atomic E-state index is 2.62. The van der Waals surface area contributed by atoms with Gasteiger partial charge in [0.2, 0.25) is 0 Å². The molecule has 2 atom stereocenters. The van der Waals surface area contributed by atoms with Crippen LogP contribution in [0.25, 0.3) is 0 Å². The number of rotatable bonds is 6. The molecule has 0 aromatic heterocycles. The molecule has 210 valence electrons. The number of hydrogen-bond donors (Lipinski definition) is 0. The average molecular weight is 551 g/mol. The fourth-order valence-corrected chi connectivity index (χ4v) is 20.9. The first-order chi connectivity index (χ1) is 17.9. The van der Waals surface area contributed by atoms with Crippen LogP contribution < -0.4 is 0 Å². The molecule has 2 unspecified atom stereocenters. The Morgan fingerprint density at radius 2 is 0.789 bits per heavy atom. The molecule has 0 heterocycles. The van der Waals surface area contributed by atoms with Crippen molar-refractivity contribution in [3.63, 3.8) is 0 Å². The fourth-order valence-electron chi connectivity index (χ4n) is 12.2. The normalized spacial score (nSPS) is 43.0. The first-order valence-electron chi connectivity index (χ1n) is 16.5. The summed E-state index contributed by atoms with van der Waals surface area (Å²) in [6.45, 7) is 15.7. The summed E-state index contributed by atoms with van der Waals surface area (Å²) in [6.07, 6.45) is 21.7. The predicted octanol–water partition coefficient (Wildman–Crippen LogP) is 11.2. The molecular weight excluding hydrogens is 494 g/mol. The van der Waals surface area contributed by atoms with Crippen LogP contribution in [0.5, 0.6) is 0 Å². The van der Waals surface area contributed by atoms with Crippen molar-refractivity contribution < 1.29 is 0 Å². The van der Waals surface area contributed by atoms with Crippen LogP contribution in [-0.4, -0.2) is 20.6 Å². The fraction of sp³-hybridized carbons (Fsp3) is 0.833. The highest BCUT2D eigenvalue weighted by atomic mass is 31.1. The Labute approximate surface area is 237 Å². The summed E-state index contributed by atoms with van der Waals surface area (Å²) in [5.41, 5.74) is 3.54. The van der Waals surface area contributed by atoms with Crippen LogP contribution >= 0.6 is 15.8 Å². The number of hydrogen-bond acceptors (Lipinski definition) is 0. The van der Waals surface area contributed by atoms with Crippen molar-refractivity contribution in [1.82, 2.24) is 0 Å². The molecule has 0 amide bonds. The van der Waals surface area contributed by atoms with Crippen molar-refractivity contribution in [3.05, 3.63) is 35.4 Å². The monoisotopic (exact) mass is 550 g/mol. The molecule has 0 nitrogen and oxygen atoms in total. The van der Waals surface area contributed by atoms with E-state index < -0.39 is 0 Å². The van der Waals surface area contributed by atoms with Crippen LogP contribution in [0, 0.1) is 35.5 Å². The van der Waals surface area contributed by atoms with Gasteiger partial charge in [-0.25, -0.2) is 0 Å². The Hall–Kier alpha value is 0.0800. The average Bonchev–Trinajstić information content (AvgIpc) is 2.78. The van der Waals surface area contributed by atoms with Crippen molar-refractivity contribution >= 4 is 15.8 Å². The van der Waals surface area contributed by atoms with E-state index in [-0.39, 0.29) is 15.8 Å². The van der Waals surface area contributed by atoms with Crippen LogP contribution in [-0.2, 0) is 12.3 Å². The van der Waals surface area contributed by atoms with Crippen LogP contribution in [0.3, 0.4) is 0 Å². The van der Waals surface area contributed by atoms with Gasteiger partial charge in [0.25, 0.3) is 0 Å². The SMILES string of the molecule is CC(C)(C)P(Cc1ccccc1CP(C(C)(C)C)C12CC3CC(CC(C3)C1)C2)C12CC3CC(CC(C3)C1)C2. The molecular formula is C36H56P2. The van der Waals surface area contributed by atoms with Gasteiger partial charge in [0.15, 0.2) is 0 Å². The molecule has 0 N–H and O–H groups in total. The second-order valence-electron chi connectivity index (χ2n) is 17.6. The Kier molecular flexibility index (Phi) is 6.59. The minimum absolute atomic E-state index is 0.0412. The summed E-state index contributed by atoms with van der Waals surface area (Å²) in [6, 6.07) is 9.96. The Morgan fingerprint density at radius 1 is 0.526 bits per heavy atom. The lowest BCUT2D eigenvalue weighted by Crippen LogP contribution is -2.51. The standard InChI is InChI=1S/C36H56P2/c1-33(2,3)37(35-17-25-11-26(18-35)13-27(12-25)19-35)23-31-9-7-8-10-32(31)24-38(34(4,5)6)36-20-28-14-29(21-36)16-30(15-28)22-36/h7-10,25-30H,11-24H2,1-6H3. The second-order valence-corrected chi connectivity index (χ2v) is 24.5. The molecule has 2 heteroatoms. The van der Waals surface area contributed by atoms with E-state index in [1.807, 2.05) is 0 Å². The Balaban J connectivity index is 1.20. The lowest BCUT2D eigenvalue weighted by molar-refractivity contribution is 0.0345. The van der Waals surface area contributed by atoms with Gasteiger partial charge in [0.1, 0.15) is 0 Å². The minimum atomic E-state index is -0.0412. The Bertz CT molecular complexity index is 885. The van der Waals surface area contributed by atoms with Crippen molar-refractivity contribution in [1.29, 1.82) is 0 Å². The summed E-state index contributed by atoms with van der Waals surface area (Å²) in [5.74, 6) is 6.38. The molecule has 1 aromatic rings. The molecule has 8 saturated carbocycles. The largest absolute Gasteiger partial charge is 0.0903 e. The zero-order chi connectivity index (χ0) is 26.5. The molecule has 0 aliphatic heterocycles. The molecule has 8 fully saturated rings. The minimum Gasteiger partial charge on any atom is -0.0903 e. The molecule has 8 bridgehead atoms. The quantitative estimate of drug-likeness (QED) is 0.309. The molecule has 1 aromatic carbocycles. The van der Waals surface area contributed by atoms with Gasteiger partial charge in [0, 0.05) is 0 Å². The van der Waals surface area contributed by atoms with Crippen LogP contribution in [0.4, 0.5) is 0 Å². The maximum atomic E-state index is 2.62. The van der Waals surface area contributed by atoms with E-state index in [0.29, 0.717) is 20.6 Å². The van der Waals surface area contributed by atoms with Crippen LogP contribution in [0.15, 0.2) is 24.3 Å². The van der Waals surface area contributed by atoms with Gasteiger partial charge in [0.05, 0.1) is 0 Å². The van der Waals surface area contributed by atoms with Crippen LogP contribution in [0.1, 0.15) is 130 Å². The van der Waals surface area contributed by atoms with Crippen LogP contribution in [0.2, 0.25) is 0 Å². The van der Waals surface area contributed by atoms with Gasteiger partial charge in [-0.05, 0) is 157 Å². The van der Waals surface area contributed by atoms with Gasteiger partial charge < -0.3 is 0 Å². The summed E-state index contributed by atoms with van der Waals surface area (Å²) in [7, 11) is -0.0824. The van der Waals surface area contributed by atoms with E-state index in [2.05, 4.69) is 65.8 Å². The molecule has 0 spiro atoms. The van der Waals surface area contributed by atoms with Gasteiger partial charge in [-0.3, -0.25) is 0 Å². The van der Waals surface area contributed by atoms with Crippen molar-refractivity contribution in [3.8, 4) is 0 Å². The molecule has 9 rings (SSSR count). The highest BCUT2D eigenvalue weighted by Crippen LogP contribution is 2.75. The second kappa shape index (κ2) is 9.29. The summed E-state index contributed by atoms with van der Waals surface area (Å²) >= 11 is 0. The van der Waals surface area contributed by atoms with Gasteiger partial charge >= 0.3 is 0 Å². The van der Waals surface area contributed by atoms with E-state index in [1.54, 1.807) is 88.2 Å². The first-order valence-corrected chi connectivity index (χ1v) is 19.6. The summed E-state index contributed by atoms with van der Waals surface area (Å²) in [4.78, 5) is 0.